The number of pyridine rings is 1. The van der Waals surface area contributed by atoms with Gasteiger partial charge in [0.1, 0.15) is 0 Å². The lowest BCUT2D eigenvalue weighted by Gasteiger charge is -2.22. The van der Waals surface area contributed by atoms with Crippen molar-refractivity contribution < 1.29 is 22.7 Å². The van der Waals surface area contributed by atoms with Gasteiger partial charge in [-0.15, -0.1) is 0 Å². The highest BCUT2D eigenvalue weighted by atomic mass is 32.2. The molecule has 1 amide bonds. The van der Waals surface area contributed by atoms with Crippen molar-refractivity contribution in [1.29, 1.82) is 0 Å². The van der Waals surface area contributed by atoms with Gasteiger partial charge in [0, 0.05) is 45.3 Å². The molecule has 0 saturated carbocycles. The van der Waals surface area contributed by atoms with E-state index < -0.39 is 10.0 Å². The van der Waals surface area contributed by atoms with Gasteiger partial charge in [0.2, 0.25) is 10.0 Å². The van der Waals surface area contributed by atoms with Crippen LogP contribution in [-0.2, 0) is 26.0 Å². The third-order valence-electron chi connectivity index (χ3n) is 5.98. The molecule has 0 atom stereocenters. The zero-order chi connectivity index (χ0) is 27.1. The van der Waals surface area contributed by atoms with Crippen molar-refractivity contribution in [3.63, 3.8) is 0 Å². The van der Waals surface area contributed by atoms with Gasteiger partial charge in [-0.1, -0.05) is 29.5 Å². The first kappa shape index (κ1) is 27.8. The minimum atomic E-state index is -3.80. The number of fused-ring (bicyclic) bond motifs is 1. The Bertz CT molecular complexity index is 1470. The number of methoxy groups -OCH3 is 2. The fourth-order valence-electron chi connectivity index (χ4n) is 3.90. The van der Waals surface area contributed by atoms with Crippen molar-refractivity contribution in [2.24, 2.45) is 0 Å². The number of amides is 1. The summed E-state index contributed by atoms with van der Waals surface area (Å²) in [5, 5.41) is 0.560. The first-order valence-corrected chi connectivity index (χ1v) is 14.3. The SMILES string of the molecule is COCCN(CCOC)S(=O)(=O)c1ccc(C(=O)N(Cc2cccnc2)c2nc3c(C)cccc3s2)cc1. The number of thiazole rings is 1. The quantitative estimate of drug-likeness (QED) is 0.260. The molecular weight excluding hydrogens is 524 g/mol. The number of carbonyl (C=O) groups excluding carboxylic acids is 1. The van der Waals surface area contributed by atoms with Gasteiger partial charge in [-0.2, -0.15) is 4.31 Å². The smallest absolute Gasteiger partial charge is 0.260 e. The van der Waals surface area contributed by atoms with Crippen LogP contribution in [0.15, 0.2) is 71.9 Å². The maximum atomic E-state index is 13.8. The Balaban J connectivity index is 1.65. The summed E-state index contributed by atoms with van der Waals surface area (Å²) in [5.41, 5.74) is 3.08. The van der Waals surface area contributed by atoms with Crippen LogP contribution in [0, 0.1) is 6.92 Å². The number of benzene rings is 2. The summed E-state index contributed by atoms with van der Waals surface area (Å²) < 4.78 is 39.0. The Kier molecular flexibility index (Phi) is 9.18. The summed E-state index contributed by atoms with van der Waals surface area (Å²) in [7, 11) is -0.762. The molecule has 0 saturated heterocycles. The van der Waals surface area contributed by atoms with Crippen molar-refractivity contribution in [2.75, 3.05) is 45.4 Å². The molecule has 2 aromatic carbocycles. The van der Waals surface area contributed by atoms with Crippen LogP contribution in [0.2, 0.25) is 0 Å². The standard InChI is InChI=1S/C27H30N4O5S2/c1-20-6-4-8-24-25(20)29-27(37-24)31(19-21-7-5-13-28-18-21)26(32)22-9-11-23(12-10-22)38(33,34)30(14-16-35-2)15-17-36-3/h4-13,18H,14-17,19H2,1-3H3. The molecule has 0 unspecified atom stereocenters. The van der Waals surface area contributed by atoms with E-state index in [4.69, 9.17) is 14.5 Å². The summed E-state index contributed by atoms with van der Waals surface area (Å²) in [6.45, 7) is 3.15. The Hall–Kier alpha value is -3.22. The van der Waals surface area contributed by atoms with Crippen LogP contribution in [0.4, 0.5) is 5.13 Å². The second-order valence-corrected chi connectivity index (χ2v) is 11.5. The predicted octanol–water partition coefficient (Wildman–Crippen LogP) is 4.13. The van der Waals surface area contributed by atoms with Crippen LogP contribution in [-0.4, -0.2) is 69.1 Å². The van der Waals surface area contributed by atoms with Gasteiger partial charge in [-0.3, -0.25) is 14.7 Å². The molecule has 0 radical (unpaired) electrons. The highest BCUT2D eigenvalue weighted by molar-refractivity contribution is 7.89. The highest BCUT2D eigenvalue weighted by Gasteiger charge is 2.26. The summed E-state index contributed by atoms with van der Waals surface area (Å²) >= 11 is 1.44. The summed E-state index contributed by atoms with van der Waals surface area (Å²) in [6.07, 6.45) is 3.39. The monoisotopic (exact) mass is 554 g/mol. The number of carbonyl (C=O) groups is 1. The van der Waals surface area contributed by atoms with E-state index in [9.17, 15) is 13.2 Å². The number of sulfonamides is 1. The maximum absolute atomic E-state index is 13.8. The van der Waals surface area contributed by atoms with Crippen LogP contribution in [0.5, 0.6) is 0 Å². The Morgan fingerprint density at radius 1 is 0.974 bits per heavy atom. The molecule has 11 heteroatoms. The first-order valence-electron chi connectivity index (χ1n) is 12.0. The van der Waals surface area contributed by atoms with Gasteiger partial charge in [-0.05, 0) is 54.4 Å². The summed E-state index contributed by atoms with van der Waals surface area (Å²) in [5.74, 6) is -0.287. The zero-order valence-corrected chi connectivity index (χ0v) is 23.2. The average Bonchev–Trinajstić information content (AvgIpc) is 3.37. The van der Waals surface area contributed by atoms with Crippen molar-refractivity contribution in [1.82, 2.24) is 14.3 Å². The van der Waals surface area contributed by atoms with Crippen molar-refractivity contribution in [3.8, 4) is 0 Å². The number of hydrogen-bond acceptors (Lipinski definition) is 8. The summed E-state index contributed by atoms with van der Waals surface area (Å²) in [4.78, 5) is 24.4. The fourth-order valence-corrected chi connectivity index (χ4v) is 6.35. The second-order valence-electron chi connectivity index (χ2n) is 8.58. The lowest BCUT2D eigenvalue weighted by molar-refractivity contribution is 0.0985. The molecule has 9 nitrogen and oxygen atoms in total. The van der Waals surface area contributed by atoms with Gasteiger partial charge in [0.05, 0.1) is 34.9 Å². The van der Waals surface area contributed by atoms with Gasteiger partial charge < -0.3 is 9.47 Å². The Morgan fingerprint density at radius 3 is 2.29 bits per heavy atom. The van der Waals surface area contributed by atoms with Gasteiger partial charge in [0.25, 0.3) is 5.91 Å². The van der Waals surface area contributed by atoms with E-state index >= 15 is 0 Å². The molecule has 200 valence electrons. The number of hydrogen-bond donors (Lipinski definition) is 0. The molecule has 2 aromatic heterocycles. The van der Waals surface area contributed by atoms with E-state index in [1.54, 1.807) is 17.3 Å². The average molecular weight is 555 g/mol. The largest absolute Gasteiger partial charge is 0.383 e. The van der Waals surface area contributed by atoms with Gasteiger partial charge >= 0.3 is 0 Å². The van der Waals surface area contributed by atoms with E-state index in [0.717, 1.165) is 21.3 Å². The molecule has 0 bridgehead atoms. The summed E-state index contributed by atoms with van der Waals surface area (Å²) in [6, 6.07) is 15.6. The molecule has 2 heterocycles. The van der Waals surface area contributed by atoms with E-state index in [1.165, 1.54) is 54.1 Å². The van der Waals surface area contributed by atoms with Crippen LogP contribution in [0.1, 0.15) is 21.5 Å². The minimum absolute atomic E-state index is 0.0932. The predicted molar refractivity (Wildman–Crippen MR) is 148 cm³/mol. The fraction of sp³-hybridized carbons (Fsp3) is 0.296. The molecule has 0 aliphatic heterocycles. The van der Waals surface area contributed by atoms with Gasteiger partial charge in [-0.25, -0.2) is 13.4 Å². The number of aromatic nitrogens is 2. The van der Waals surface area contributed by atoms with Crippen LogP contribution >= 0.6 is 11.3 Å². The van der Waals surface area contributed by atoms with Crippen molar-refractivity contribution in [2.45, 2.75) is 18.4 Å². The van der Waals surface area contributed by atoms with E-state index in [1.807, 2.05) is 37.3 Å². The number of ether oxygens (including phenoxy) is 2. The highest BCUT2D eigenvalue weighted by Crippen LogP contribution is 2.32. The van der Waals surface area contributed by atoms with Crippen LogP contribution < -0.4 is 4.90 Å². The van der Waals surface area contributed by atoms with E-state index in [2.05, 4.69) is 4.98 Å². The molecule has 4 aromatic rings. The number of aryl methyl sites for hydroxylation is 1. The number of nitrogens with zero attached hydrogens (tertiary/aromatic N) is 4. The second kappa shape index (κ2) is 12.5. The molecule has 38 heavy (non-hydrogen) atoms. The first-order chi connectivity index (χ1) is 18.3. The molecular formula is C27H30N4O5S2. The van der Waals surface area contributed by atoms with E-state index in [0.29, 0.717) is 10.7 Å². The minimum Gasteiger partial charge on any atom is -0.383 e. The molecule has 0 aliphatic rings. The van der Waals surface area contributed by atoms with Crippen molar-refractivity contribution >= 4 is 42.6 Å². The van der Waals surface area contributed by atoms with E-state index in [-0.39, 0.29) is 43.7 Å². The topological polar surface area (TPSA) is 102 Å². The Labute approximate surface area is 226 Å². The maximum Gasteiger partial charge on any atom is 0.260 e. The lowest BCUT2D eigenvalue weighted by Crippen LogP contribution is -2.36. The van der Waals surface area contributed by atoms with Crippen molar-refractivity contribution in [3.05, 3.63) is 83.7 Å². The third kappa shape index (κ3) is 6.25. The molecule has 0 spiro atoms. The normalized spacial score (nSPS) is 11.8. The molecule has 0 aliphatic carbocycles. The number of para-hydroxylation sites is 1. The van der Waals surface area contributed by atoms with Crippen LogP contribution in [0.3, 0.4) is 0 Å². The number of rotatable bonds is 12. The molecule has 4 rings (SSSR count). The third-order valence-corrected chi connectivity index (χ3v) is 8.93. The Morgan fingerprint density at radius 2 is 1.68 bits per heavy atom. The number of anilines is 1. The zero-order valence-electron chi connectivity index (χ0n) is 21.5. The van der Waals surface area contributed by atoms with Gasteiger partial charge in [0.15, 0.2) is 5.13 Å². The van der Waals surface area contributed by atoms with Crippen LogP contribution in [0.25, 0.3) is 10.2 Å². The molecule has 0 N–H and O–H groups in total. The lowest BCUT2D eigenvalue weighted by atomic mass is 10.2. The molecule has 0 fully saturated rings.